The third-order valence-corrected chi connectivity index (χ3v) is 8.22. The van der Waals surface area contributed by atoms with Crippen molar-refractivity contribution in [3.8, 4) is 0 Å². The number of benzene rings is 3. The number of nitrogens with one attached hydrogen (secondary N) is 1. The Hall–Kier alpha value is -3.36. The van der Waals surface area contributed by atoms with Crippen molar-refractivity contribution < 1.29 is 18.0 Å². The Balaban J connectivity index is 2.03. The van der Waals surface area contributed by atoms with Crippen LogP contribution in [0.1, 0.15) is 37.5 Å². The minimum atomic E-state index is -4.10. The summed E-state index contributed by atoms with van der Waals surface area (Å²) in [6.07, 6.45) is 0. The number of nitrogens with zero attached hydrogens (tertiary/aromatic N) is 2. The van der Waals surface area contributed by atoms with Gasteiger partial charge in [0.15, 0.2) is 0 Å². The lowest BCUT2D eigenvalue weighted by atomic mass is 10.1. The van der Waals surface area contributed by atoms with Gasteiger partial charge in [-0.05, 0) is 79.8 Å². The molecule has 0 aliphatic carbocycles. The van der Waals surface area contributed by atoms with Crippen LogP contribution in [0.2, 0.25) is 5.02 Å². The van der Waals surface area contributed by atoms with Crippen molar-refractivity contribution in [3.05, 3.63) is 94.5 Å². The highest BCUT2D eigenvalue weighted by Gasteiger charge is 2.32. The van der Waals surface area contributed by atoms with Crippen LogP contribution in [0.5, 0.6) is 0 Å². The fourth-order valence-electron chi connectivity index (χ4n) is 4.21. The molecule has 0 radical (unpaired) electrons. The number of amides is 2. The van der Waals surface area contributed by atoms with Crippen molar-refractivity contribution in [3.63, 3.8) is 0 Å². The fourth-order valence-corrected chi connectivity index (χ4v) is 5.84. The van der Waals surface area contributed by atoms with Gasteiger partial charge < -0.3 is 10.2 Å². The van der Waals surface area contributed by atoms with E-state index in [2.05, 4.69) is 5.32 Å². The summed E-state index contributed by atoms with van der Waals surface area (Å²) in [6.45, 7) is 9.41. The molecule has 0 saturated carbocycles. The number of hydrogen-bond acceptors (Lipinski definition) is 4. The van der Waals surface area contributed by atoms with Gasteiger partial charge in [-0.2, -0.15) is 0 Å². The molecule has 0 aromatic heterocycles. The second kappa shape index (κ2) is 13.1. The van der Waals surface area contributed by atoms with Crippen LogP contribution in [0.3, 0.4) is 0 Å². The van der Waals surface area contributed by atoms with Gasteiger partial charge in [-0.15, -0.1) is 0 Å². The molecule has 2 amide bonds. The number of carbonyl (C=O) groups excluding carboxylic acids is 2. The van der Waals surface area contributed by atoms with Gasteiger partial charge in [-0.3, -0.25) is 13.9 Å². The van der Waals surface area contributed by atoms with E-state index in [0.717, 1.165) is 21.0 Å². The summed E-state index contributed by atoms with van der Waals surface area (Å²) in [5.74, 6) is -0.599. The molecule has 3 rings (SSSR count). The van der Waals surface area contributed by atoms with E-state index in [0.29, 0.717) is 17.3 Å². The van der Waals surface area contributed by atoms with Gasteiger partial charge in [0.05, 0.1) is 10.6 Å². The number of hydrogen-bond donors (Lipinski definition) is 1. The maximum absolute atomic E-state index is 14.0. The molecule has 7 nitrogen and oxygen atoms in total. The summed E-state index contributed by atoms with van der Waals surface area (Å²) in [5, 5.41) is 3.38. The van der Waals surface area contributed by atoms with Crippen molar-refractivity contribution in [2.45, 2.75) is 52.1 Å². The zero-order valence-electron chi connectivity index (χ0n) is 23.0. The first-order valence-electron chi connectivity index (χ1n) is 12.9. The summed E-state index contributed by atoms with van der Waals surface area (Å²) in [7, 11) is -4.10. The molecule has 0 saturated heterocycles. The minimum absolute atomic E-state index is 0.0704. The standard InChI is InChI=1S/C30H36ClN3O4S/c1-21(2)18-32-30(36)24(5)33(19-25-10-9-11-26(31)17-25)29(35)20-34(27-15-22(3)14-23(4)16-27)39(37,38)28-12-7-6-8-13-28/h6-17,21,24H,18-20H2,1-5H3,(H,32,36)/t24-/m1/s1. The molecular weight excluding hydrogens is 534 g/mol. The van der Waals surface area contributed by atoms with Crippen molar-refractivity contribution in [1.82, 2.24) is 10.2 Å². The molecule has 39 heavy (non-hydrogen) atoms. The highest BCUT2D eigenvalue weighted by atomic mass is 35.5. The summed E-state index contributed by atoms with van der Waals surface area (Å²) >= 11 is 6.19. The SMILES string of the molecule is Cc1cc(C)cc(N(CC(=O)N(Cc2cccc(Cl)c2)[C@H](C)C(=O)NCC(C)C)S(=O)(=O)c2ccccc2)c1. The van der Waals surface area contributed by atoms with Crippen LogP contribution in [-0.2, 0) is 26.2 Å². The molecule has 0 heterocycles. The second-order valence-electron chi connectivity index (χ2n) is 10.1. The molecule has 9 heteroatoms. The van der Waals surface area contributed by atoms with Gasteiger partial charge in [-0.1, -0.05) is 61.8 Å². The number of anilines is 1. The largest absolute Gasteiger partial charge is 0.354 e. The zero-order valence-corrected chi connectivity index (χ0v) is 24.6. The molecule has 1 atom stereocenters. The number of sulfonamides is 1. The predicted molar refractivity (Wildman–Crippen MR) is 156 cm³/mol. The van der Waals surface area contributed by atoms with Gasteiger partial charge in [-0.25, -0.2) is 8.42 Å². The van der Waals surface area contributed by atoms with Crippen LogP contribution in [-0.4, -0.2) is 44.3 Å². The molecule has 3 aromatic carbocycles. The van der Waals surface area contributed by atoms with E-state index in [4.69, 9.17) is 11.6 Å². The van der Waals surface area contributed by atoms with Gasteiger partial charge in [0.1, 0.15) is 12.6 Å². The van der Waals surface area contributed by atoms with E-state index in [1.54, 1.807) is 55.5 Å². The van der Waals surface area contributed by atoms with Gasteiger partial charge in [0.25, 0.3) is 10.0 Å². The lowest BCUT2D eigenvalue weighted by molar-refractivity contribution is -0.139. The molecular formula is C30H36ClN3O4S. The molecule has 0 bridgehead atoms. The summed E-state index contributed by atoms with van der Waals surface area (Å²) in [6, 6.07) is 19.6. The van der Waals surface area contributed by atoms with Crippen LogP contribution in [0.15, 0.2) is 77.7 Å². The van der Waals surface area contributed by atoms with Crippen LogP contribution < -0.4 is 9.62 Å². The minimum Gasteiger partial charge on any atom is -0.354 e. The lowest BCUT2D eigenvalue weighted by Gasteiger charge is -2.32. The quantitative estimate of drug-likeness (QED) is 0.338. The average molecular weight is 570 g/mol. The second-order valence-corrected chi connectivity index (χ2v) is 12.4. The number of carbonyl (C=O) groups is 2. The highest BCUT2D eigenvalue weighted by Crippen LogP contribution is 2.27. The Morgan fingerprint density at radius 3 is 2.13 bits per heavy atom. The normalized spacial score (nSPS) is 12.2. The predicted octanol–water partition coefficient (Wildman–Crippen LogP) is 5.34. The monoisotopic (exact) mass is 569 g/mol. The van der Waals surface area contributed by atoms with Crippen molar-refractivity contribution >= 4 is 39.1 Å². The fraction of sp³-hybridized carbons (Fsp3) is 0.333. The number of rotatable bonds is 11. The molecule has 0 aliphatic heterocycles. The van der Waals surface area contributed by atoms with Crippen LogP contribution in [0.25, 0.3) is 0 Å². The summed E-state index contributed by atoms with van der Waals surface area (Å²) in [5.41, 5.74) is 2.83. The van der Waals surface area contributed by atoms with E-state index in [1.165, 1.54) is 17.0 Å². The van der Waals surface area contributed by atoms with Crippen molar-refractivity contribution in [2.24, 2.45) is 5.92 Å². The van der Waals surface area contributed by atoms with E-state index in [1.807, 2.05) is 39.8 Å². The molecule has 0 unspecified atom stereocenters. The average Bonchev–Trinajstić information content (AvgIpc) is 2.88. The maximum atomic E-state index is 14.0. The number of aryl methyl sites for hydroxylation is 2. The van der Waals surface area contributed by atoms with Gasteiger partial charge >= 0.3 is 0 Å². The topological polar surface area (TPSA) is 86.8 Å². The molecule has 0 aliphatic rings. The van der Waals surface area contributed by atoms with Crippen LogP contribution >= 0.6 is 11.6 Å². The lowest BCUT2D eigenvalue weighted by Crippen LogP contribution is -2.51. The van der Waals surface area contributed by atoms with Crippen molar-refractivity contribution in [2.75, 3.05) is 17.4 Å². The Morgan fingerprint density at radius 1 is 0.897 bits per heavy atom. The molecule has 208 valence electrons. The highest BCUT2D eigenvalue weighted by molar-refractivity contribution is 7.92. The third kappa shape index (κ3) is 8.07. The Morgan fingerprint density at radius 2 is 1.54 bits per heavy atom. The molecule has 0 spiro atoms. The first-order chi connectivity index (χ1) is 18.4. The van der Waals surface area contributed by atoms with Gasteiger partial charge in [0.2, 0.25) is 11.8 Å². The summed E-state index contributed by atoms with van der Waals surface area (Å²) < 4.78 is 28.8. The Labute approximate surface area is 236 Å². The molecule has 1 N–H and O–H groups in total. The molecule has 0 fully saturated rings. The van der Waals surface area contributed by atoms with E-state index < -0.39 is 28.5 Å². The first kappa shape index (κ1) is 30.2. The maximum Gasteiger partial charge on any atom is 0.264 e. The van der Waals surface area contributed by atoms with E-state index in [9.17, 15) is 18.0 Å². The van der Waals surface area contributed by atoms with Crippen LogP contribution in [0, 0.1) is 19.8 Å². The van der Waals surface area contributed by atoms with Crippen molar-refractivity contribution in [1.29, 1.82) is 0 Å². The van der Waals surface area contributed by atoms with E-state index in [-0.39, 0.29) is 23.3 Å². The first-order valence-corrected chi connectivity index (χ1v) is 14.7. The third-order valence-electron chi connectivity index (χ3n) is 6.20. The van der Waals surface area contributed by atoms with Gasteiger partial charge in [0, 0.05) is 18.1 Å². The smallest absolute Gasteiger partial charge is 0.264 e. The Kier molecular flexibility index (Phi) is 10.2. The summed E-state index contributed by atoms with van der Waals surface area (Å²) in [4.78, 5) is 28.5. The molecule has 3 aromatic rings. The number of halogens is 1. The van der Waals surface area contributed by atoms with Crippen LogP contribution in [0.4, 0.5) is 5.69 Å². The zero-order chi connectivity index (χ0) is 28.7. The Bertz CT molecular complexity index is 1390. The van der Waals surface area contributed by atoms with E-state index >= 15 is 0 Å².